The van der Waals surface area contributed by atoms with E-state index >= 15 is 0 Å². The van der Waals surface area contributed by atoms with Gasteiger partial charge in [-0.3, -0.25) is 9.10 Å². The molecule has 0 radical (unpaired) electrons. The Hall–Kier alpha value is -2.09. The number of nitrogens with one attached hydrogen (secondary N) is 1. The van der Waals surface area contributed by atoms with Gasteiger partial charge in [-0.25, -0.2) is 8.42 Å². The van der Waals surface area contributed by atoms with Gasteiger partial charge in [0.2, 0.25) is 0 Å². The van der Waals surface area contributed by atoms with Crippen LogP contribution in [0.2, 0.25) is 5.02 Å². The summed E-state index contributed by atoms with van der Waals surface area (Å²) in [6.07, 6.45) is 0. The van der Waals surface area contributed by atoms with Gasteiger partial charge >= 0.3 is 0 Å². The van der Waals surface area contributed by atoms with Crippen LogP contribution in [0, 0.1) is 0 Å². The van der Waals surface area contributed by atoms with Crippen molar-refractivity contribution in [2.45, 2.75) is 18.7 Å². The third-order valence-corrected chi connectivity index (χ3v) is 6.55. The largest absolute Gasteiger partial charge is 0.351 e. The fourth-order valence-corrected chi connectivity index (χ4v) is 4.15. The van der Waals surface area contributed by atoms with Gasteiger partial charge in [0.25, 0.3) is 15.9 Å². The summed E-state index contributed by atoms with van der Waals surface area (Å²) in [5.74, 6) is -0.297. The van der Waals surface area contributed by atoms with E-state index in [9.17, 15) is 13.2 Å². The molecule has 8 heteroatoms. The Bertz CT molecular complexity index is 914. The predicted octanol–water partition coefficient (Wildman–Crippen LogP) is 3.24. The van der Waals surface area contributed by atoms with Crippen LogP contribution in [0.1, 0.15) is 24.2 Å². The van der Waals surface area contributed by atoms with Crippen LogP contribution < -0.4 is 9.62 Å². The van der Waals surface area contributed by atoms with E-state index in [1.165, 1.54) is 19.2 Å². The van der Waals surface area contributed by atoms with Gasteiger partial charge < -0.3 is 10.2 Å². The molecule has 0 bridgehead atoms. The van der Waals surface area contributed by atoms with Crippen molar-refractivity contribution in [1.82, 2.24) is 10.2 Å². The molecule has 28 heavy (non-hydrogen) atoms. The number of hydrogen-bond donors (Lipinski definition) is 1. The molecular weight excluding hydrogens is 398 g/mol. The highest BCUT2D eigenvalue weighted by Crippen LogP contribution is 2.25. The van der Waals surface area contributed by atoms with Crippen LogP contribution in [0.3, 0.4) is 0 Å². The maximum atomic E-state index is 12.9. The Labute approximate surface area is 172 Å². The summed E-state index contributed by atoms with van der Waals surface area (Å²) in [6, 6.07) is 12.6. The van der Waals surface area contributed by atoms with Gasteiger partial charge in [0, 0.05) is 30.7 Å². The quantitative estimate of drug-likeness (QED) is 0.672. The lowest BCUT2D eigenvalue weighted by molar-refractivity contribution is 0.0948. The zero-order valence-electron chi connectivity index (χ0n) is 16.4. The molecule has 2 rings (SSSR count). The molecule has 0 aliphatic heterocycles. The highest BCUT2D eigenvalue weighted by Gasteiger charge is 2.22. The van der Waals surface area contributed by atoms with Gasteiger partial charge in [-0.2, -0.15) is 0 Å². The Kier molecular flexibility index (Phi) is 7.86. The van der Waals surface area contributed by atoms with Crippen LogP contribution >= 0.6 is 11.6 Å². The molecule has 1 N–H and O–H groups in total. The molecule has 0 heterocycles. The summed E-state index contributed by atoms with van der Waals surface area (Å²) in [5.41, 5.74) is 0.752. The summed E-state index contributed by atoms with van der Waals surface area (Å²) < 4.78 is 27.0. The Balaban J connectivity index is 2.16. The highest BCUT2D eigenvalue weighted by molar-refractivity contribution is 7.92. The standard InChI is InChI=1S/C20H26ClN3O3S/c1-4-24(5-2)13-12-22-20(25)16-8-6-11-19(14-16)28(26,27)23(3)18-10-7-9-17(21)15-18/h6-11,14-15H,4-5,12-13H2,1-3H3,(H,22,25). The first-order valence-corrected chi connectivity index (χ1v) is 11.0. The minimum absolute atomic E-state index is 0.0476. The molecule has 6 nitrogen and oxygen atoms in total. The van der Waals surface area contributed by atoms with Crippen molar-refractivity contribution in [3.05, 3.63) is 59.1 Å². The number of sulfonamides is 1. The minimum atomic E-state index is -3.82. The number of carbonyl (C=O) groups excluding carboxylic acids is 1. The van der Waals surface area contributed by atoms with Gasteiger partial charge in [-0.15, -0.1) is 0 Å². The van der Waals surface area contributed by atoms with Crippen LogP contribution in [-0.2, 0) is 10.0 Å². The summed E-state index contributed by atoms with van der Waals surface area (Å²) in [5, 5.41) is 3.28. The molecule has 0 spiro atoms. The molecule has 0 fully saturated rings. The maximum absolute atomic E-state index is 12.9. The third-order valence-electron chi connectivity index (χ3n) is 4.53. The molecule has 0 aliphatic carbocycles. The van der Waals surface area contributed by atoms with Gasteiger partial charge in [0.1, 0.15) is 0 Å². The molecule has 2 aromatic carbocycles. The number of amides is 1. The van der Waals surface area contributed by atoms with Crippen molar-refractivity contribution < 1.29 is 13.2 Å². The first-order valence-electron chi connectivity index (χ1n) is 9.14. The van der Waals surface area contributed by atoms with Crippen molar-refractivity contribution in [3.8, 4) is 0 Å². The second-order valence-electron chi connectivity index (χ2n) is 6.26. The molecule has 0 atom stereocenters. The van der Waals surface area contributed by atoms with E-state index in [0.29, 0.717) is 22.8 Å². The molecule has 1 amide bonds. The number of hydrogen-bond acceptors (Lipinski definition) is 4. The molecule has 152 valence electrons. The number of carbonyl (C=O) groups is 1. The molecular formula is C20H26ClN3O3S. The number of nitrogens with zero attached hydrogens (tertiary/aromatic N) is 2. The molecule has 0 aliphatic rings. The second-order valence-corrected chi connectivity index (χ2v) is 8.67. The number of benzene rings is 2. The Morgan fingerprint density at radius 2 is 1.75 bits per heavy atom. The summed E-state index contributed by atoms with van der Waals surface area (Å²) >= 11 is 5.97. The molecule has 0 unspecified atom stereocenters. The van der Waals surface area contributed by atoms with Crippen molar-refractivity contribution in [2.75, 3.05) is 37.5 Å². The van der Waals surface area contributed by atoms with Gasteiger partial charge in [0.05, 0.1) is 10.6 Å². The molecule has 2 aromatic rings. The van der Waals surface area contributed by atoms with Crippen LogP contribution in [-0.4, -0.2) is 52.5 Å². The number of anilines is 1. The lowest BCUT2D eigenvalue weighted by atomic mass is 10.2. The first kappa shape index (κ1) is 22.2. The third kappa shape index (κ3) is 5.47. The second kappa shape index (κ2) is 9.91. The number of halogens is 1. The van der Waals surface area contributed by atoms with E-state index in [1.807, 2.05) is 0 Å². The normalized spacial score (nSPS) is 11.5. The average Bonchev–Trinajstić information content (AvgIpc) is 2.70. The fourth-order valence-electron chi connectivity index (χ4n) is 2.74. The van der Waals surface area contributed by atoms with E-state index in [4.69, 9.17) is 11.6 Å². The van der Waals surface area contributed by atoms with Crippen molar-refractivity contribution in [3.63, 3.8) is 0 Å². The van der Waals surface area contributed by atoms with E-state index in [2.05, 4.69) is 24.1 Å². The number of likely N-dealkylation sites (N-methyl/N-ethyl adjacent to an activating group) is 1. The Morgan fingerprint density at radius 3 is 2.39 bits per heavy atom. The maximum Gasteiger partial charge on any atom is 0.264 e. The van der Waals surface area contributed by atoms with Crippen molar-refractivity contribution in [1.29, 1.82) is 0 Å². The Morgan fingerprint density at radius 1 is 1.07 bits per heavy atom. The van der Waals surface area contributed by atoms with Crippen LogP contribution in [0.15, 0.2) is 53.4 Å². The topological polar surface area (TPSA) is 69.7 Å². The zero-order chi connectivity index (χ0) is 20.7. The minimum Gasteiger partial charge on any atom is -0.351 e. The van der Waals surface area contributed by atoms with Crippen LogP contribution in [0.5, 0.6) is 0 Å². The zero-order valence-corrected chi connectivity index (χ0v) is 17.9. The lowest BCUT2D eigenvalue weighted by Crippen LogP contribution is -2.35. The monoisotopic (exact) mass is 423 g/mol. The van der Waals surface area contributed by atoms with Crippen LogP contribution in [0.4, 0.5) is 5.69 Å². The summed E-state index contributed by atoms with van der Waals surface area (Å²) in [7, 11) is -2.36. The smallest absolute Gasteiger partial charge is 0.264 e. The first-order chi connectivity index (χ1) is 13.3. The highest BCUT2D eigenvalue weighted by atomic mass is 35.5. The predicted molar refractivity (Wildman–Crippen MR) is 114 cm³/mol. The molecule has 0 saturated heterocycles. The van der Waals surface area contributed by atoms with E-state index in [0.717, 1.165) is 23.9 Å². The number of rotatable bonds is 9. The van der Waals surface area contributed by atoms with E-state index in [-0.39, 0.29) is 10.8 Å². The molecule has 0 aromatic heterocycles. The SMILES string of the molecule is CCN(CC)CCNC(=O)c1cccc(S(=O)(=O)N(C)c2cccc(Cl)c2)c1. The van der Waals surface area contributed by atoms with Gasteiger partial charge in [-0.05, 0) is 49.5 Å². The van der Waals surface area contributed by atoms with Crippen LogP contribution in [0.25, 0.3) is 0 Å². The van der Waals surface area contributed by atoms with E-state index < -0.39 is 10.0 Å². The van der Waals surface area contributed by atoms with Crippen molar-refractivity contribution >= 4 is 33.2 Å². The van der Waals surface area contributed by atoms with Gasteiger partial charge in [0.15, 0.2) is 0 Å². The van der Waals surface area contributed by atoms with Gasteiger partial charge in [-0.1, -0.05) is 37.6 Å². The lowest BCUT2D eigenvalue weighted by Gasteiger charge is -2.20. The fraction of sp³-hybridized carbons (Fsp3) is 0.350. The molecule has 0 saturated carbocycles. The summed E-state index contributed by atoms with van der Waals surface area (Å²) in [4.78, 5) is 14.7. The van der Waals surface area contributed by atoms with E-state index in [1.54, 1.807) is 36.4 Å². The summed E-state index contributed by atoms with van der Waals surface area (Å²) in [6.45, 7) is 7.20. The average molecular weight is 424 g/mol. The van der Waals surface area contributed by atoms with Crippen molar-refractivity contribution in [2.24, 2.45) is 0 Å².